The lowest BCUT2D eigenvalue weighted by molar-refractivity contribution is 0.1000. The van der Waals surface area contributed by atoms with Crippen LogP contribution in [-0.4, -0.2) is 66.1 Å². The molecular weight excluding hydrogens is 534 g/mol. The molecule has 15 heteroatoms. The zero-order valence-electron chi connectivity index (χ0n) is 22.2. The van der Waals surface area contributed by atoms with Crippen LogP contribution in [0.3, 0.4) is 0 Å². The number of fused-ring (bicyclic) bond motifs is 1. The molecule has 4 aromatic heterocycles. The van der Waals surface area contributed by atoms with Crippen molar-refractivity contribution in [2.45, 2.75) is 45.1 Å². The smallest absolute Gasteiger partial charge is 0.312 e. The zero-order valence-corrected chi connectivity index (χ0v) is 23.0. The number of nitrogens with one attached hydrogen (secondary N) is 2. The first-order valence-corrected chi connectivity index (χ1v) is 13.5. The highest BCUT2D eigenvalue weighted by molar-refractivity contribution is 7.13. The molecule has 0 radical (unpaired) electrons. The number of thiazole rings is 1. The van der Waals surface area contributed by atoms with Crippen LogP contribution < -0.4 is 27.2 Å². The van der Waals surface area contributed by atoms with E-state index in [2.05, 4.69) is 25.9 Å². The van der Waals surface area contributed by atoms with Crippen LogP contribution in [0, 0.1) is 0 Å². The molecule has 3 amide bonds. The second-order valence-corrected chi connectivity index (χ2v) is 11.4. The number of aromatic amines is 1. The lowest BCUT2D eigenvalue weighted by Gasteiger charge is -2.34. The first kappa shape index (κ1) is 26.9. The van der Waals surface area contributed by atoms with Crippen molar-refractivity contribution < 1.29 is 9.59 Å². The third-order valence-corrected chi connectivity index (χ3v) is 7.41. The summed E-state index contributed by atoms with van der Waals surface area (Å²) >= 11 is 1.37. The maximum Gasteiger partial charge on any atom is 0.312 e. The number of hydrogen-bond acceptors (Lipinski definition) is 10. The van der Waals surface area contributed by atoms with E-state index in [1.165, 1.54) is 21.8 Å². The minimum absolute atomic E-state index is 0.197. The number of aromatic nitrogens is 7. The Morgan fingerprint density at radius 3 is 2.65 bits per heavy atom. The standard InChI is InChI=1S/C25H29N11O3S/c1-25(2,3)17-12-40-22(29-17)16-9-13(20(26)37)10-19-30-21(35-8-4-5-14(11-35)28-24(27)39)15(23(38)36(16)19)6-7-18-31-33-34-32-18/h6-7,9-10,12,14H,4-5,8,11H2,1-3H3,(H2,26,37)(H3,27,28,39)(H,31,32,33,34). The van der Waals surface area contributed by atoms with Crippen LogP contribution >= 0.6 is 11.3 Å². The van der Waals surface area contributed by atoms with E-state index < -0.39 is 11.9 Å². The van der Waals surface area contributed by atoms with Gasteiger partial charge in [0.1, 0.15) is 16.5 Å². The van der Waals surface area contributed by atoms with E-state index in [1.54, 1.807) is 18.2 Å². The van der Waals surface area contributed by atoms with Gasteiger partial charge in [-0.25, -0.2) is 14.8 Å². The van der Waals surface area contributed by atoms with Crippen LogP contribution in [0.5, 0.6) is 0 Å². The number of H-pyrrole nitrogens is 1. The lowest BCUT2D eigenvalue weighted by atomic mass is 9.93. The molecule has 6 N–H and O–H groups in total. The molecule has 0 aliphatic carbocycles. The maximum absolute atomic E-state index is 14.2. The molecule has 0 spiro atoms. The second-order valence-electron chi connectivity index (χ2n) is 10.5. The minimum Gasteiger partial charge on any atom is -0.366 e. The van der Waals surface area contributed by atoms with Crippen molar-refractivity contribution in [1.29, 1.82) is 0 Å². The number of amides is 3. The Labute approximate surface area is 232 Å². The number of urea groups is 1. The molecule has 1 atom stereocenters. The molecule has 5 heterocycles. The molecule has 4 aromatic rings. The molecule has 14 nitrogen and oxygen atoms in total. The normalized spacial score (nSPS) is 16.1. The number of hydrogen-bond donors (Lipinski definition) is 4. The van der Waals surface area contributed by atoms with Crippen LogP contribution in [-0.2, 0) is 5.41 Å². The van der Waals surface area contributed by atoms with E-state index in [-0.39, 0.29) is 39.6 Å². The minimum atomic E-state index is -0.656. The van der Waals surface area contributed by atoms with Gasteiger partial charge in [-0.1, -0.05) is 20.8 Å². The van der Waals surface area contributed by atoms with Crippen molar-refractivity contribution in [3.05, 3.63) is 50.5 Å². The van der Waals surface area contributed by atoms with Crippen LogP contribution in [0.15, 0.2) is 22.3 Å². The Kier molecular flexibility index (Phi) is 7.06. The number of nitrogens with two attached hydrogens (primary N) is 2. The quantitative estimate of drug-likeness (QED) is 0.268. The van der Waals surface area contributed by atoms with Gasteiger partial charge in [-0.2, -0.15) is 5.21 Å². The fourth-order valence-corrected chi connectivity index (χ4v) is 5.62. The van der Waals surface area contributed by atoms with E-state index in [1.807, 2.05) is 31.1 Å². The highest BCUT2D eigenvalue weighted by atomic mass is 32.1. The molecule has 208 valence electrons. The number of carbonyl (C=O) groups is 2. The molecule has 1 aliphatic heterocycles. The topological polar surface area (TPSA) is 203 Å². The molecular formula is C25H29N11O3S. The monoisotopic (exact) mass is 563 g/mol. The number of carbonyl (C=O) groups excluding carboxylic acids is 2. The molecule has 1 aliphatic rings. The van der Waals surface area contributed by atoms with Crippen LogP contribution in [0.2, 0.25) is 0 Å². The first-order valence-electron chi connectivity index (χ1n) is 12.6. The van der Waals surface area contributed by atoms with Crippen molar-refractivity contribution in [1.82, 2.24) is 40.3 Å². The van der Waals surface area contributed by atoms with Gasteiger partial charge in [0.25, 0.3) is 5.56 Å². The summed E-state index contributed by atoms with van der Waals surface area (Å²) in [4.78, 5) is 49.6. The summed E-state index contributed by atoms with van der Waals surface area (Å²) in [5.41, 5.74) is 12.4. The summed E-state index contributed by atoms with van der Waals surface area (Å²) in [5, 5.41) is 19.0. The molecule has 5 rings (SSSR count). The third kappa shape index (κ3) is 5.40. The Hall–Kier alpha value is -4.66. The maximum atomic E-state index is 14.2. The van der Waals surface area contributed by atoms with E-state index in [0.29, 0.717) is 29.6 Å². The molecule has 0 aromatic carbocycles. The molecule has 1 unspecified atom stereocenters. The summed E-state index contributed by atoms with van der Waals surface area (Å²) in [6, 6.07) is 2.21. The van der Waals surface area contributed by atoms with Crippen LogP contribution in [0.4, 0.5) is 10.6 Å². The Morgan fingerprint density at radius 1 is 1.20 bits per heavy atom. The number of pyridine rings is 1. The third-order valence-electron chi connectivity index (χ3n) is 6.55. The van der Waals surface area contributed by atoms with E-state index in [9.17, 15) is 14.4 Å². The number of anilines is 1. The van der Waals surface area contributed by atoms with Crippen molar-refractivity contribution in [2.75, 3.05) is 18.0 Å². The van der Waals surface area contributed by atoms with Gasteiger partial charge in [-0.05, 0) is 42.3 Å². The second kappa shape index (κ2) is 10.5. The van der Waals surface area contributed by atoms with Crippen molar-refractivity contribution in [3.63, 3.8) is 0 Å². The predicted molar refractivity (Wildman–Crippen MR) is 151 cm³/mol. The highest BCUT2D eigenvalue weighted by Crippen LogP contribution is 2.31. The van der Waals surface area contributed by atoms with Crippen LogP contribution in [0.25, 0.3) is 28.5 Å². The number of tetrazole rings is 1. The largest absolute Gasteiger partial charge is 0.366 e. The zero-order chi connectivity index (χ0) is 28.6. The van der Waals surface area contributed by atoms with Gasteiger partial charge < -0.3 is 21.7 Å². The summed E-state index contributed by atoms with van der Waals surface area (Å²) in [6.45, 7) is 7.11. The van der Waals surface area contributed by atoms with Gasteiger partial charge in [0.05, 0.1) is 17.0 Å². The van der Waals surface area contributed by atoms with E-state index >= 15 is 0 Å². The Bertz CT molecular complexity index is 1670. The summed E-state index contributed by atoms with van der Waals surface area (Å²) in [6.07, 6.45) is 4.61. The highest BCUT2D eigenvalue weighted by Gasteiger charge is 2.27. The molecule has 40 heavy (non-hydrogen) atoms. The predicted octanol–water partition coefficient (Wildman–Crippen LogP) is 1.54. The summed E-state index contributed by atoms with van der Waals surface area (Å²) in [7, 11) is 0. The van der Waals surface area contributed by atoms with Crippen molar-refractivity contribution in [2.24, 2.45) is 11.5 Å². The summed E-state index contributed by atoms with van der Waals surface area (Å²) in [5.74, 6) is 0.00105. The number of primary amides is 2. The molecule has 0 saturated carbocycles. The van der Waals surface area contributed by atoms with Gasteiger partial charge in [-0.15, -0.1) is 21.5 Å². The van der Waals surface area contributed by atoms with Gasteiger partial charge in [0.2, 0.25) is 5.91 Å². The summed E-state index contributed by atoms with van der Waals surface area (Å²) < 4.78 is 1.43. The number of nitrogens with zero attached hydrogens (tertiary/aromatic N) is 7. The molecule has 1 saturated heterocycles. The van der Waals surface area contributed by atoms with Gasteiger partial charge in [0.15, 0.2) is 5.82 Å². The van der Waals surface area contributed by atoms with Crippen molar-refractivity contribution >= 4 is 46.9 Å². The molecule has 1 fully saturated rings. The average molecular weight is 564 g/mol. The van der Waals surface area contributed by atoms with Crippen LogP contribution in [0.1, 0.15) is 61.1 Å². The number of piperidine rings is 1. The van der Waals surface area contributed by atoms with E-state index in [0.717, 1.165) is 18.5 Å². The number of rotatable bonds is 6. The van der Waals surface area contributed by atoms with Gasteiger partial charge >= 0.3 is 6.03 Å². The average Bonchev–Trinajstić information content (AvgIpc) is 3.59. The fraction of sp³-hybridized carbons (Fsp3) is 0.360. The molecule has 0 bridgehead atoms. The first-order chi connectivity index (χ1) is 19.0. The Balaban J connectivity index is 1.74. The SMILES string of the molecule is CC(C)(C)c1csc(-c2cc(C(N)=O)cc3nc(N4CCCC(NC(N)=O)C4)c(C=Cc4nn[nH]n4)c(=O)n23)n1. The van der Waals surface area contributed by atoms with E-state index in [4.69, 9.17) is 21.4 Å². The van der Waals surface area contributed by atoms with Gasteiger partial charge in [-0.3, -0.25) is 14.0 Å². The fourth-order valence-electron chi connectivity index (χ4n) is 4.57. The lowest BCUT2D eigenvalue weighted by Crippen LogP contribution is -2.50. The Morgan fingerprint density at radius 2 is 2.00 bits per heavy atom. The van der Waals surface area contributed by atoms with Gasteiger partial charge in [0, 0.05) is 35.5 Å². The van der Waals surface area contributed by atoms with Crippen molar-refractivity contribution in [3.8, 4) is 10.7 Å².